The number of benzene rings is 1. The van der Waals surface area contributed by atoms with Crippen LogP contribution in [0.1, 0.15) is 39.9 Å². The average molecular weight is 426 g/mol. The van der Waals surface area contributed by atoms with Crippen molar-refractivity contribution in [2.75, 3.05) is 34.4 Å². The SMILES string of the molecule is COCCCC(=O)N1CCc2c(cn(CCc3ccccc3)c(=O)c2C(=O)N(C)C)C1. The van der Waals surface area contributed by atoms with E-state index in [1.165, 1.54) is 4.90 Å². The Bertz CT molecular complexity index is 982. The minimum Gasteiger partial charge on any atom is -0.385 e. The standard InChI is InChI=1S/C24H31N3O4/c1-25(2)23(29)22-20-12-14-26(21(28)10-7-15-31-3)16-19(20)17-27(24(22)30)13-11-18-8-5-4-6-9-18/h4-6,8-9,17H,7,10-16H2,1-3H3. The summed E-state index contributed by atoms with van der Waals surface area (Å²) in [7, 11) is 4.94. The highest BCUT2D eigenvalue weighted by Gasteiger charge is 2.28. The minimum absolute atomic E-state index is 0.0743. The van der Waals surface area contributed by atoms with Crippen molar-refractivity contribution in [1.82, 2.24) is 14.4 Å². The molecule has 0 N–H and O–H groups in total. The highest BCUT2D eigenvalue weighted by molar-refractivity contribution is 5.95. The first kappa shape index (κ1) is 22.7. The summed E-state index contributed by atoms with van der Waals surface area (Å²) in [4.78, 5) is 41.9. The molecule has 2 aromatic rings. The molecule has 166 valence electrons. The van der Waals surface area contributed by atoms with E-state index in [4.69, 9.17) is 4.74 Å². The van der Waals surface area contributed by atoms with Crippen LogP contribution in [-0.4, -0.2) is 60.5 Å². The van der Waals surface area contributed by atoms with Gasteiger partial charge in [-0.15, -0.1) is 0 Å². The Morgan fingerprint density at radius 3 is 2.58 bits per heavy atom. The Morgan fingerprint density at radius 1 is 1.16 bits per heavy atom. The molecule has 0 radical (unpaired) electrons. The van der Waals surface area contributed by atoms with E-state index in [0.29, 0.717) is 51.9 Å². The Hall–Kier alpha value is -2.93. The minimum atomic E-state index is -0.282. The van der Waals surface area contributed by atoms with Crippen LogP contribution >= 0.6 is 0 Å². The number of nitrogens with zero attached hydrogens (tertiary/aromatic N) is 3. The summed E-state index contributed by atoms with van der Waals surface area (Å²) >= 11 is 0. The second-order valence-electron chi connectivity index (χ2n) is 8.10. The number of ether oxygens (including phenoxy) is 1. The lowest BCUT2D eigenvalue weighted by Crippen LogP contribution is -2.41. The van der Waals surface area contributed by atoms with E-state index in [-0.39, 0.29) is 22.9 Å². The van der Waals surface area contributed by atoms with E-state index in [1.54, 1.807) is 25.8 Å². The maximum absolute atomic E-state index is 13.2. The van der Waals surface area contributed by atoms with Gasteiger partial charge in [0.25, 0.3) is 11.5 Å². The van der Waals surface area contributed by atoms with Gasteiger partial charge >= 0.3 is 0 Å². The molecule has 0 saturated carbocycles. The Morgan fingerprint density at radius 2 is 1.90 bits per heavy atom. The van der Waals surface area contributed by atoms with Crippen LogP contribution in [0.5, 0.6) is 0 Å². The molecule has 0 saturated heterocycles. The normalized spacial score (nSPS) is 13.1. The summed E-state index contributed by atoms with van der Waals surface area (Å²) in [5.74, 6) is -0.208. The van der Waals surface area contributed by atoms with E-state index in [0.717, 1.165) is 16.7 Å². The number of hydrogen-bond donors (Lipinski definition) is 0. The van der Waals surface area contributed by atoms with Gasteiger partial charge in [-0.3, -0.25) is 14.4 Å². The number of aromatic nitrogens is 1. The van der Waals surface area contributed by atoms with E-state index in [2.05, 4.69) is 0 Å². The lowest BCUT2D eigenvalue weighted by Gasteiger charge is -2.31. The molecule has 2 amide bonds. The van der Waals surface area contributed by atoms with E-state index in [1.807, 2.05) is 41.4 Å². The van der Waals surface area contributed by atoms with Crippen molar-refractivity contribution in [1.29, 1.82) is 0 Å². The molecule has 3 rings (SSSR count). The molecule has 0 aliphatic carbocycles. The summed E-state index contributed by atoms with van der Waals surface area (Å²) in [6.45, 7) is 1.96. The smallest absolute Gasteiger partial charge is 0.263 e. The Labute approximate surface area is 183 Å². The van der Waals surface area contributed by atoms with Crippen molar-refractivity contribution >= 4 is 11.8 Å². The topological polar surface area (TPSA) is 71.8 Å². The average Bonchev–Trinajstić information content (AvgIpc) is 2.77. The van der Waals surface area contributed by atoms with Gasteiger partial charge in [0.15, 0.2) is 0 Å². The fourth-order valence-electron chi connectivity index (χ4n) is 3.95. The van der Waals surface area contributed by atoms with Crippen LogP contribution < -0.4 is 5.56 Å². The maximum Gasteiger partial charge on any atom is 0.263 e. The quantitative estimate of drug-likeness (QED) is 0.608. The van der Waals surface area contributed by atoms with Gasteiger partial charge in [0, 0.05) is 60.1 Å². The monoisotopic (exact) mass is 425 g/mol. The van der Waals surface area contributed by atoms with Gasteiger partial charge in [0.05, 0.1) is 0 Å². The van der Waals surface area contributed by atoms with Crippen molar-refractivity contribution in [3.63, 3.8) is 0 Å². The third kappa shape index (κ3) is 5.41. The van der Waals surface area contributed by atoms with E-state index in [9.17, 15) is 14.4 Å². The molecule has 0 unspecified atom stereocenters. The van der Waals surface area contributed by atoms with E-state index < -0.39 is 0 Å². The van der Waals surface area contributed by atoms with Crippen LogP contribution in [0.3, 0.4) is 0 Å². The number of carbonyl (C=O) groups excluding carboxylic acids is 2. The molecule has 7 nitrogen and oxygen atoms in total. The van der Waals surface area contributed by atoms with Gasteiger partial charge in [-0.25, -0.2) is 0 Å². The number of rotatable bonds is 8. The largest absolute Gasteiger partial charge is 0.385 e. The van der Waals surface area contributed by atoms with Crippen molar-refractivity contribution in [2.45, 2.75) is 38.8 Å². The summed E-state index contributed by atoms with van der Waals surface area (Å²) < 4.78 is 6.67. The summed E-state index contributed by atoms with van der Waals surface area (Å²) in [5, 5.41) is 0. The number of pyridine rings is 1. The summed E-state index contributed by atoms with van der Waals surface area (Å²) in [6.07, 6.45) is 4.14. The number of amides is 2. The molecule has 0 bridgehead atoms. The maximum atomic E-state index is 13.2. The molecule has 1 aromatic carbocycles. The first-order chi connectivity index (χ1) is 14.9. The Kier molecular flexibility index (Phi) is 7.63. The lowest BCUT2D eigenvalue weighted by molar-refractivity contribution is -0.132. The summed E-state index contributed by atoms with van der Waals surface area (Å²) in [5.41, 5.74) is 2.77. The highest BCUT2D eigenvalue weighted by atomic mass is 16.5. The fraction of sp³-hybridized carbons (Fsp3) is 0.458. The van der Waals surface area contributed by atoms with Gasteiger partial charge in [-0.2, -0.15) is 0 Å². The Balaban J connectivity index is 1.90. The van der Waals surface area contributed by atoms with Crippen molar-refractivity contribution in [2.24, 2.45) is 0 Å². The number of aryl methyl sites for hydroxylation is 2. The molecule has 0 fully saturated rings. The molecular weight excluding hydrogens is 394 g/mol. The van der Waals surface area contributed by atoms with Crippen LogP contribution in [0, 0.1) is 0 Å². The first-order valence-electron chi connectivity index (χ1n) is 10.7. The van der Waals surface area contributed by atoms with Gasteiger partial charge in [-0.05, 0) is 36.0 Å². The zero-order valence-corrected chi connectivity index (χ0v) is 18.6. The molecule has 31 heavy (non-hydrogen) atoms. The molecule has 0 spiro atoms. The van der Waals surface area contributed by atoms with Crippen LogP contribution in [0.25, 0.3) is 0 Å². The number of methoxy groups -OCH3 is 1. The van der Waals surface area contributed by atoms with Crippen LogP contribution in [0.15, 0.2) is 41.3 Å². The second kappa shape index (κ2) is 10.4. The molecule has 1 aliphatic heterocycles. The van der Waals surface area contributed by atoms with Crippen LogP contribution in [-0.2, 0) is 35.5 Å². The highest BCUT2D eigenvalue weighted by Crippen LogP contribution is 2.22. The third-order valence-electron chi connectivity index (χ3n) is 5.66. The summed E-state index contributed by atoms with van der Waals surface area (Å²) in [6, 6.07) is 9.95. The molecule has 2 heterocycles. The molecule has 0 atom stereocenters. The van der Waals surface area contributed by atoms with Crippen LogP contribution in [0.4, 0.5) is 0 Å². The van der Waals surface area contributed by atoms with Gasteiger partial charge in [-0.1, -0.05) is 30.3 Å². The molecule has 1 aromatic heterocycles. The predicted molar refractivity (Wildman–Crippen MR) is 119 cm³/mol. The van der Waals surface area contributed by atoms with Crippen molar-refractivity contribution < 1.29 is 14.3 Å². The second-order valence-corrected chi connectivity index (χ2v) is 8.10. The predicted octanol–water partition coefficient (Wildman–Crippen LogP) is 2.10. The molecule has 1 aliphatic rings. The van der Waals surface area contributed by atoms with Gasteiger partial charge in [0.2, 0.25) is 5.91 Å². The van der Waals surface area contributed by atoms with Gasteiger partial charge in [0.1, 0.15) is 5.56 Å². The first-order valence-corrected chi connectivity index (χ1v) is 10.7. The molecule has 7 heteroatoms. The van der Waals surface area contributed by atoms with Gasteiger partial charge < -0.3 is 19.1 Å². The number of fused-ring (bicyclic) bond motifs is 1. The zero-order chi connectivity index (χ0) is 22.4. The molecular formula is C24H31N3O4. The van der Waals surface area contributed by atoms with E-state index >= 15 is 0 Å². The number of hydrogen-bond acceptors (Lipinski definition) is 4. The number of carbonyl (C=O) groups is 2. The third-order valence-corrected chi connectivity index (χ3v) is 5.66. The van der Waals surface area contributed by atoms with Crippen molar-refractivity contribution in [3.8, 4) is 0 Å². The zero-order valence-electron chi connectivity index (χ0n) is 18.6. The fourth-order valence-corrected chi connectivity index (χ4v) is 3.95. The lowest BCUT2D eigenvalue weighted by atomic mass is 9.95. The van der Waals surface area contributed by atoms with Crippen LogP contribution in [0.2, 0.25) is 0 Å². The van der Waals surface area contributed by atoms with Crippen molar-refractivity contribution in [3.05, 3.63) is 69.1 Å².